The van der Waals surface area contributed by atoms with Gasteiger partial charge >= 0.3 is 0 Å². The number of para-hydroxylation sites is 1. The first-order valence-corrected chi connectivity index (χ1v) is 7.16. The van der Waals surface area contributed by atoms with Gasteiger partial charge in [0.05, 0.1) is 6.04 Å². The van der Waals surface area contributed by atoms with E-state index in [1.165, 1.54) is 0 Å². The van der Waals surface area contributed by atoms with Crippen molar-refractivity contribution in [3.05, 3.63) is 73.1 Å². The fourth-order valence-electron chi connectivity index (χ4n) is 2.33. The number of rotatable bonds is 5. The molecule has 21 heavy (non-hydrogen) atoms. The molecule has 0 N–H and O–H groups in total. The highest BCUT2D eigenvalue weighted by atomic mass is 16.2. The van der Waals surface area contributed by atoms with Crippen LogP contribution in [0.15, 0.2) is 73.1 Å². The summed E-state index contributed by atoms with van der Waals surface area (Å²) in [6.07, 6.45) is 7.81. The van der Waals surface area contributed by atoms with Gasteiger partial charge in [-0.3, -0.25) is 4.79 Å². The van der Waals surface area contributed by atoms with Crippen LogP contribution in [-0.4, -0.2) is 11.9 Å². The van der Waals surface area contributed by atoms with Gasteiger partial charge in [0.15, 0.2) is 12.4 Å². The molecule has 108 valence electrons. The van der Waals surface area contributed by atoms with E-state index in [0.29, 0.717) is 6.54 Å². The number of amides is 1. The molecular weight excluding hydrogens is 260 g/mol. The van der Waals surface area contributed by atoms with Crippen LogP contribution in [-0.2, 0) is 11.3 Å². The predicted octanol–water partition coefficient (Wildman–Crippen LogP) is 2.97. The first-order valence-electron chi connectivity index (χ1n) is 7.16. The molecule has 1 atom stereocenters. The summed E-state index contributed by atoms with van der Waals surface area (Å²) in [7, 11) is 0. The number of pyridine rings is 1. The average Bonchev–Trinajstić information content (AvgIpc) is 2.50. The van der Waals surface area contributed by atoms with Crippen molar-refractivity contribution in [2.75, 3.05) is 4.90 Å². The molecule has 1 heterocycles. The zero-order valence-corrected chi connectivity index (χ0v) is 12.5. The smallest absolute Gasteiger partial charge is 0.293 e. The average molecular weight is 281 g/mol. The molecule has 3 heteroatoms. The summed E-state index contributed by atoms with van der Waals surface area (Å²) in [5.74, 6) is 0.0722. The molecule has 0 saturated carbocycles. The maximum atomic E-state index is 12.7. The Bertz CT molecular complexity index is 593. The van der Waals surface area contributed by atoms with Crippen LogP contribution in [0.1, 0.15) is 13.8 Å². The maximum Gasteiger partial charge on any atom is 0.293 e. The molecule has 3 nitrogen and oxygen atoms in total. The molecule has 0 spiro atoms. The Kier molecular flexibility index (Phi) is 5.27. The summed E-state index contributed by atoms with van der Waals surface area (Å²) in [5, 5.41) is 0. The van der Waals surface area contributed by atoms with E-state index in [2.05, 4.69) is 0 Å². The van der Waals surface area contributed by atoms with Crippen LogP contribution < -0.4 is 9.47 Å². The summed E-state index contributed by atoms with van der Waals surface area (Å²) in [4.78, 5) is 14.5. The largest absolute Gasteiger partial charge is 0.300 e. The van der Waals surface area contributed by atoms with Gasteiger partial charge in [-0.2, -0.15) is 4.57 Å². The molecular formula is C18H21N2O+. The van der Waals surface area contributed by atoms with E-state index >= 15 is 0 Å². The van der Waals surface area contributed by atoms with Crippen molar-refractivity contribution in [1.82, 2.24) is 0 Å². The van der Waals surface area contributed by atoms with Crippen LogP contribution in [0.5, 0.6) is 0 Å². The second kappa shape index (κ2) is 7.39. The molecule has 0 aliphatic carbocycles. The Labute approximate surface area is 126 Å². The van der Waals surface area contributed by atoms with E-state index in [0.717, 1.165) is 5.69 Å². The third kappa shape index (κ3) is 4.02. The molecule has 0 aliphatic rings. The van der Waals surface area contributed by atoms with E-state index in [1.54, 1.807) is 0 Å². The lowest BCUT2D eigenvalue weighted by molar-refractivity contribution is -0.684. The minimum absolute atomic E-state index is 0.0224. The molecule has 0 bridgehead atoms. The summed E-state index contributed by atoms with van der Waals surface area (Å²) in [6, 6.07) is 15.6. The topological polar surface area (TPSA) is 24.2 Å². The fraction of sp³-hybridized carbons (Fsp3) is 0.222. The SMILES string of the molecule is CC=CC(C)N(C(=O)C[n+]1ccccc1)c1ccccc1. The minimum atomic E-state index is 0.0224. The van der Waals surface area contributed by atoms with E-state index in [4.69, 9.17) is 0 Å². The Hall–Kier alpha value is -2.42. The first kappa shape index (κ1) is 15.0. The standard InChI is InChI=1S/C18H21N2O/c1-3-10-16(2)20(17-11-6-4-7-12-17)18(21)15-19-13-8-5-9-14-19/h3-14,16H,15H2,1-2H3/q+1. The number of carbonyl (C=O) groups excluding carboxylic acids is 1. The summed E-state index contributed by atoms with van der Waals surface area (Å²) < 4.78 is 1.89. The normalized spacial score (nSPS) is 12.3. The van der Waals surface area contributed by atoms with Gasteiger partial charge in [-0.1, -0.05) is 36.4 Å². The Morgan fingerprint density at radius 2 is 1.76 bits per heavy atom. The van der Waals surface area contributed by atoms with Crippen LogP contribution in [0.25, 0.3) is 0 Å². The molecule has 0 fully saturated rings. The second-order valence-electron chi connectivity index (χ2n) is 4.91. The van der Waals surface area contributed by atoms with Crippen LogP contribution in [0, 0.1) is 0 Å². The van der Waals surface area contributed by atoms with Crippen molar-refractivity contribution in [1.29, 1.82) is 0 Å². The molecule has 1 aromatic heterocycles. The number of allylic oxidation sites excluding steroid dienone is 1. The summed E-state index contributed by atoms with van der Waals surface area (Å²) in [5.41, 5.74) is 0.921. The Morgan fingerprint density at radius 1 is 1.14 bits per heavy atom. The van der Waals surface area contributed by atoms with E-state index in [1.807, 2.05) is 96.4 Å². The van der Waals surface area contributed by atoms with E-state index < -0.39 is 0 Å². The molecule has 2 rings (SSSR count). The lowest BCUT2D eigenvalue weighted by Gasteiger charge is -2.26. The Morgan fingerprint density at radius 3 is 2.38 bits per heavy atom. The van der Waals surface area contributed by atoms with Gasteiger partial charge in [0, 0.05) is 17.8 Å². The molecule has 0 radical (unpaired) electrons. The first-order chi connectivity index (χ1) is 10.2. The van der Waals surface area contributed by atoms with Gasteiger partial charge in [0.2, 0.25) is 6.54 Å². The number of benzene rings is 1. The molecule has 0 aliphatic heterocycles. The lowest BCUT2D eigenvalue weighted by Crippen LogP contribution is -2.47. The number of hydrogen-bond acceptors (Lipinski definition) is 1. The van der Waals surface area contributed by atoms with Crippen molar-refractivity contribution in [2.24, 2.45) is 0 Å². The van der Waals surface area contributed by atoms with Gasteiger partial charge in [-0.15, -0.1) is 0 Å². The van der Waals surface area contributed by atoms with Crippen LogP contribution in [0.2, 0.25) is 0 Å². The molecule has 2 aromatic rings. The highest BCUT2D eigenvalue weighted by Crippen LogP contribution is 2.17. The van der Waals surface area contributed by atoms with Crippen LogP contribution in [0.3, 0.4) is 0 Å². The number of anilines is 1. The zero-order valence-electron chi connectivity index (χ0n) is 12.5. The maximum absolute atomic E-state index is 12.7. The van der Waals surface area contributed by atoms with Crippen molar-refractivity contribution in [3.8, 4) is 0 Å². The highest BCUT2D eigenvalue weighted by molar-refractivity contribution is 5.93. The van der Waals surface area contributed by atoms with Gasteiger partial charge in [-0.25, -0.2) is 0 Å². The van der Waals surface area contributed by atoms with Crippen LogP contribution >= 0.6 is 0 Å². The number of carbonyl (C=O) groups is 1. The molecule has 1 unspecified atom stereocenters. The van der Waals surface area contributed by atoms with Crippen molar-refractivity contribution >= 4 is 11.6 Å². The predicted molar refractivity (Wildman–Crippen MR) is 84.8 cm³/mol. The highest BCUT2D eigenvalue weighted by Gasteiger charge is 2.23. The monoisotopic (exact) mass is 281 g/mol. The van der Waals surface area contributed by atoms with Gasteiger partial charge in [-0.05, 0) is 26.0 Å². The van der Waals surface area contributed by atoms with Crippen molar-refractivity contribution in [2.45, 2.75) is 26.4 Å². The summed E-state index contributed by atoms with van der Waals surface area (Å²) >= 11 is 0. The minimum Gasteiger partial charge on any atom is -0.300 e. The number of nitrogens with zero attached hydrogens (tertiary/aromatic N) is 2. The zero-order chi connectivity index (χ0) is 15.1. The summed E-state index contributed by atoms with van der Waals surface area (Å²) in [6.45, 7) is 4.33. The lowest BCUT2D eigenvalue weighted by atomic mass is 10.2. The number of hydrogen-bond donors (Lipinski definition) is 0. The fourth-order valence-corrected chi connectivity index (χ4v) is 2.33. The van der Waals surface area contributed by atoms with E-state index in [9.17, 15) is 4.79 Å². The Balaban J connectivity index is 2.25. The third-order valence-corrected chi connectivity index (χ3v) is 3.28. The third-order valence-electron chi connectivity index (χ3n) is 3.28. The second-order valence-corrected chi connectivity index (χ2v) is 4.91. The van der Waals surface area contributed by atoms with Crippen molar-refractivity contribution in [3.63, 3.8) is 0 Å². The van der Waals surface area contributed by atoms with Gasteiger partial charge in [0.1, 0.15) is 0 Å². The van der Waals surface area contributed by atoms with E-state index in [-0.39, 0.29) is 11.9 Å². The molecule has 0 saturated heterocycles. The molecule has 1 aromatic carbocycles. The van der Waals surface area contributed by atoms with Gasteiger partial charge in [0.25, 0.3) is 5.91 Å². The van der Waals surface area contributed by atoms with Crippen molar-refractivity contribution < 1.29 is 9.36 Å². The number of aromatic nitrogens is 1. The quantitative estimate of drug-likeness (QED) is 0.610. The van der Waals surface area contributed by atoms with Crippen LogP contribution in [0.4, 0.5) is 5.69 Å². The molecule has 1 amide bonds. The van der Waals surface area contributed by atoms with Gasteiger partial charge < -0.3 is 4.90 Å².